The minimum Gasteiger partial charge on any atom is -0.481 e. The van der Waals surface area contributed by atoms with Crippen molar-refractivity contribution in [3.8, 4) is 0 Å². The highest BCUT2D eigenvalue weighted by Crippen LogP contribution is 2.57. The molecule has 2 atom stereocenters. The molecular weight excluding hydrogens is 386 g/mol. The fraction of sp³-hybridized carbons (Fsp3) is 0.571. The number of hydrogen-bond donors (Lipinski definition) is 5. The molecule has 0 amide bonds. The summed E-state index contributed by atoms with van der Waals surface area (Å²) in [4.78, 5) is 50.4. The van der Waals surface area contributed by atoms with Gasteiger partial charge in [0.1, 0.15) is 3.92 Å². The van der Waals surface area contributed by atoms with Crippen molar-refractivity contribution in [3.05, 3.63) is 0 Å². The molecule has 0 aliphatic heterocycles. The third-order valence-corrected chi connectivity index (χ3v) is 6.05. The molecule has 0 bridgehead atoms. The lowest BCUT2D eigenvalue weighted by molar-refractivity contribution is -0.147. The normalized spacial score (nSPS) is 16.6. The quantitative estimate of drug-likeness (QED) is 0.221. The number of rotatable bonds is 7. The molecule has 18 heavy (non-hydrogen) atoms. The van der Waals surface area contributed by atoms with Crippen molar-refractivity contribution in [2.75, 3.05) is 0 Å². The van der Waals surface area contributed by atoms with Crippen LogP contribution in [0.1, 0.15) is 12.8 Å². The third kappa shape index (κ3) is 3.40. The summed E-state index contributed by atoms with van der Waals surface area (Å²) in [5.41, 5.74) is 0. The van der Waals surface area contributed by atoms with Crippen LogP contribution in [0.4, 0.5) is 0 Å². The largest absolute Gasteiger partial charge is 0.481 e. The molecular formula is C7H10IO9P. The molecule has 0 spiro atoms. The summed E-state index contributed by atoms with van der Waals surface area (Å²) in [5, 5.41) is 23.2. The van der Waals surface area contributed by atoms with Crippen LogP contribution in [-0.2, 0) is 18.9 Å². The Bertz CT molecular complexity index is 415. The van der Waals surface area contributed by atoms with Crippen LogP contribution >= 0.6 is 30.2 Å². The first-order valence-corrected chi connectivity index (χ1v) is 7.20. The van der Waals surface area contributed by atoms with Gasteiger partial charge in [-0.15, -0.1) is 0 Å². The standard InChI is InChI=1S/C7H10IO9P/c8-4(5(11)12)7(6(13)14,18(15,16)17)2-1-3(9)10/h4H,1-2H2,(H,9,10)(H,11,12)(H,13,14)(H2,15,16,17). The smallest absolute Gasteiger partial charge is 0.344 e. The second-order valence-electron chi connectivity index (χ2n) is 3.37. The number of hydrogen-bond acceptors (Lipinski definition) is 4. The van der Waals surface area contributed by atoms with E-state index in [4.69, 9.17) is 25.1 Å². The molecule has 0 saturated heterocycles. The average molecular weight is 396 g/mol. The van der Waals surface area contributed by atoms with Crippen molar-refractivity contribution in [2.45, 2.75) is 21.9 Å². The topological polar surface area (TPSA) is 169 Å². The second-order valence-corrected chi connectivity index (χ2v) is 6.50. The Labute approximate surface area is 114 Å². The van der Waals surface area contributed by atoms with Gasteiger partial charge in [-0.2, -0.15) is 0 Å². The van der Waals surface area contributed by atoms with Gasteiger partial charge in [0.05, 0.1) is 0 Å². The highest BCUT2D eigenvalue weighted by atomic mass is 127. The molecule has 0 fully saturated rings. The van der Waals surface area contributed by atoms with Crippen molar-refractivity contribution >= 4 is 48.1 Å². The summed E-state index contributed by atoms with van der Waals surface area (Å²) in [7, 11) is -5.38. The summed E-state index contributed by atoms with van der Waals surface area (Å²) >= 11 is 1.07. The van der Waals surface area contributed by atoms with Gasteiger partial charge in [0.25, 0.3) is 0 Å². The van der Waals surface area contributed by atoms with Gasteiger partial charge in [-0.1, -0.05) is 22.6 Å². The monoisotopic (exact) mass is 396 g/mol. The van der Waals surface area contributed by atoms with Crippen LogP contribution in [0.25, 0.3) is 0 Å². The van der Waals surface area contributed by atoms with E-state index in [1.54, 1.807) is 0 Å². The van der Waals surface area contributed by atoms with E-state index in [-0.39, 0.29) is 0 Å². The third-order valence-electron chi connectivity index (χ3n) is 2.25. The summed E-state index contributed by atoms with van der Waals surface area (Å²) in [6.45, 7) is 0. The molecule has 5 N–H and O–H groups in total. The molecule has 0 aliphatic carbocycles. The Hall–Kier alpha value is -0.710. The van der Waals surface area contributed by atoms with Crippen molar-refractivity contribution in [1.29, 1.82) is 0 Å². The number of halogens is 1. The van der Waals surface area contributed by atoms with Crippen molar-refractivity contribution in [2.24, 2.45) is 0 Å². The van der Waals surface area contributed by atoms with Crippen molar-refractivity contribution < 1.29 is 44.1 Å². The van der Waals surface area contributed by atoms with Crippen LogP contribution in [0.5, 0.6) is 0 Å². The first-order valence-electron chi connectivity index (χ1n) is 4.34. The van der Waals surface area contributed by atoms with Gasteiger partial charge in [0.15, 0.2) is 5.16 Å². The molecule has 0 aromatic carbocycles. The number of carboxylic acid groups (broad SMARTS) is 3. The fourth-order valence-electron chi connectivity index (χ4n) is 1.26. The lowest BCUT2D eigenvalue weighted by atomic mass is 9.98. The van der Waals surface area contributed by atoms with Gasteiger partial charge < -0.3 is 25.1 Å². The first-order chi connectivity index (χ1) is 7.96. The molecule has 9 nitrogen and oxygen atoms in total. The maximum absolute atomic E-state index is 11.3. The van der Waals surface area contributed by atoms with Crippen LogP contribution in [0, 0.1) is 0 Å². The minimum absolute atomic E-state index is 0.871. The van der Waals surface area contributed by atoms with Crippen molar-refractivity contribution in [1.82, 2.24) is 0 Å². The predicted molar refractivity (Wildman–Crippen MR) is 64.7 cm³/mol. The Kier molecular flexibility index (Phi) is 5.72. The van der Waals surface area contributed by atoms with Gasteiger partial charge >= 0.3 is 25.5 Å². The van der Waals surface area contributed by atoms with Gasteiger partial charge in [-0.25, -0.2) is 0 Å². The molecule has 0 heterocycles. The molecule has 0 saturated carbocycles. The molecule has 11 heteroatoms. The number of alkyl halides is 1. The molecule has 0 radical (unpaired) electrons. The van der Waals surface area contributed by atoms with Gasteiger partial charge in [0.2, 0.25) is 0 Å². The second kappa shape index (κ2) is 5.95. The Balaban J connectivity index is 5.74. The first kappa shape index (κ1) is 17.3. The van der Waals surface area contributed by atoms with E-state index in [0.717, 1.165) is 22.6 Å². The SMILES string of the molecule is O=C(O)CCC(C(=O)O)(C(I)C(=O)O)P(=O)(O)O. The zero-order valence-electron chi connectivity index (χ0n) is 8.69. The van der Waals surface area contributed by atoms with Crippen LogP contribution < -0.4 is 0 Å². The van der Waals surface area contributed by atoms with Gasteiger partial charge in [-0.3, -0.25) is 18.9 Å². The maximum Gasteiger partial charge on any atom is 0.344 e. The Morgan fingerprint density at radius 3 is 1.83 bits per heavy atom. The zero-order chi connectivity index (χ0) is 14.7. The average Bonchev–Trinajstić information content (AvgIpc) is 2.14. The summed E-state index contributed by atoms with van der Waals surface area (Å²) in [5.74, 6) is -5.27. The van der Waals surface area contributed by atoms with Crippen LogP contribution in [0.2, 0.25) is 0 Å². The summed E-state index contributed by atoms with van der Waals surface area (Å²) in [6.07, 6.45) is -1.86. The van der Waals surface area contributed by atoms with Crippen LogP contribution in [0.3, 0.4) is 0 Å². The lowest BCUT2D eigenvalue weighted by Gasteiger charge is -2.31. The zero-order valence-corrected chi connectivity index (χ0v) is 11.7. The Morgan fingerprint density at radius 1 is 1.17 bits per heavy atom. The van der Waals surface area contributed by atoms with Crippen LogP contribution in [0.15, 0.2) is 0 Å². The molecule has 104 valence electrons. The van der Waals surface area contributed by atoms with E-state index < -0.39 is 47.4 Å². The fourth-order valence-corrected chi connectivity index (χ4v) is 3.99. The number of carbonyl (C=O) groups is 3. The predicted octanol–water partition coefficient (Wildman–Crippen LogP) is -0.260. The van der Waals surface area contributed by atoms with Gasteiger partial charge in [-0.05, 0) is 6.42 Å². The molecule has 0 aromatic heterocycles. The summed E-state index contributed by atoms with van der Waals surface area (Å²) in [6, 6.07) is 0. The van der Waals surface area contributed by atoms with E-state index in [2.05, 4.69) is 0 Å². The number of carboxylic acids is 3. The number of aliphatic carboxylic acids is 3. The maximum atomic E-state index is 11.3. The molecule has 0 rings (SSSR count). The summed E-state index contributed by atoms with van der Waals surface area (Å²) < 4.78 is 9.34. The van der Waals surface area contributed by atoms with E-state index in [1.807, 2.05) is 0 Å². The van der Waals surface area contributed by atoms with E-state index in [9.17, 15) is 18.9 Å². The van der Waals surface area contributed by atoms with E-state index in [0.29, 0.717) is 0 Å². The highest BCUT2D eigenvalue weighted by Gasteiger charge is 2.61. The molecule has 0 aliphatic rings. The molecule has 2 unspecified atom stereocenters. The van der Waals surface area contributed by atoms with Crippen molar-refractivity contribution in [3.63, 3.8) is 0 Å². The van der Waals surface area contributed by atoms with Gasteiger partial charge in [0, 0.05) is 6.42 Å². The van der Waals surface area contributed by atoms with E-state index in [1.165, 1.54) is 0 Å². The van der Waals surface area contributed by atoms with E-state index >= 15 is 0 Å². The minimum atomic E-state index is -5.38. The lowest BCUT2D eigenvalue weighted by Crippen LogP contribution is -2.50. The molecule has 0 aromatic rings. The Morgan fingerprint density at radius 2 is 1.61 bits per heavy atom. The van der Waals surface area contributed by atoms with Crippen LogP contribution in [-0.4, -0.2) is 52.1 Å². The highest BCUT2D eigenvalue weighted by molar-refractivity contribution is 14.1.